The first-order valence-electron chi connectivity index (χ1n) is 12.1. The maximum atomic E-state index is 13.4. The molecule has 0 atom stereocenters. The third-order valence-electron chi connectivity index (χ3n) is 6.36. The molecule has 0 amide bonds. The largest absolute Gasteiger partial charge is 0.352 e. The average molecular weight is 538 g/mol. The van der Waals surface area contributed by atoms with Crippen LogP contribution >= 0.6 is 0 Å². The molecule has 3 heterocycles. The number of nitrogens with zero attached hydrogens (tertiary/aromatic N) is 8. The van der Waals surface area contributed by atoms with Gasteiger partial charge in [0.05, 0.1) is 4.90 Å². The van der Waals surface area contributed by atoms with Gasteiger partial charge in [-0.05, 0) is 49.0 Å². The highest BCUT2D eigenvalue weighted by molar-refractivity contribution is 7.89. The van der Waals surface area contributed by atoms with E-state index in [4.69, 9.17) is 9.97 Å². The van der Waals surface area contributed by atoms with Crippen molar-refractivity contribution in [3.05, 3.63) is 59.9 Å². The molecule has 0 aliphatic carbocycles. The molecule has 0 radical (unpaired) electrons. The number of sulfonamides is 1. The van der Waals surface area contributed by atoms with Crippen molar-refractivity contribution in [3.8, 4) is 11.4 Å². The highest BCUT2D eigenvalue weighted by atomic mass is 32.2. The molecule has 0 saturated carbocycles. The molecule has 2 aromatic heterocycles. The van der Waals surface area contributed by atoms with Gasteiger partial charge in [0.1, 0.15) is 5.82 Å². The lowest BCUT2D eigenvalue weighted by Gasteiger charge is -2.33. The third-order valence-corrected chi connectivity index (χ3v) is 8.19. The molecule has 1 saturated heterocycles. The molecular weight excluding hydrogens is 509 g/mol. The first kappa shape index (κ1) is 25.8. The van der Waals surface area contributed by atoms with E-state index >= 15 is 0 Å². The van der Waals surface area contributed by atoms with Crippen LogP contribution in [0.4, 0.5) is 16.2 Å². The first-order valence-corrected chi connectivity index (χ1v) is 13.5. The fourth-order valence-electron chi connectivity index (χ4n) is 4.03. The molecule has 0 bridgehead atoms. The summed E-state index contributed by atoms with van der Waals surface area (Å²) in [6, 6.07) is 12.6. The summed E-state index contributed by atoms with van der Waals surface area (Å²) in [6.45, 7) is 3.66. The number of halogens is 1. The minimum Gasteiger partial charge on any atom is -0.352 e. The molecule has 5 rings (SSSR count). The number of hydrogen-bond acceptors (Lipinski definition) is 10. The lowest BCUT2D eigenvalue weighted by molar-refractivity contribution is 0.312. The number of piperazine rings is 1. The lowest BCUT2D eigenvalue weighted by Crippen LogP contribution is -2.45. The third kappa shape index (κ3) is 5.39. The molecule has 198 valence electrons. The molecule has 0 spiro atoms. The van der Waals surface area contributed by atoms with Gasteiger partial charge in [0.25, 0.3) is 0 Å². The van der Waals surface area contributed by atoms with Crippen LogP contribution in [0.25, 0.3) is 22.6 Å². The number of hydrogen-bond donors (Lipinski definition) is 1. The summed E-state index contributed by atoms with van der Waals surface area (Å²) >= 11 is 0. The molecule has 0 unspecified atom stereocenters. The van der Waals surface area contributed by atoms with Crippen molar-refractivity contribution >= 4 is 33.0 Å². The average Bonchev–Trinajstić information content (AvgIpc) is 2.92. The van der Waals surface area contributed by atoms with Gasteiger partial charge in [0.2, 0.25) is 21.6 Å². The highest BCUT2D eigenvalue weighted by Gasteiger charge is 2.22. The first-order chi connectivity index (χ1) is 18.2. The van der Waals surface area contributed by atoms with Crippen LogP contribution in [0.3, 0.4) is 0 Å². The molecule has 1 aliphatic heterocycles. The molecule has 1 N–H and O–H groups in total. The van der Waals surface area contributed by atoms with Gasteiger partial charge < -0.3 is 15.1 Å². The molecule has 1 fully saturated rings. The Morgan fingerprint density at radius 2 is 1.61 bits per heavy atom. The quantitative estimate of drug-likeness (QED) is 0.376. The fourth-order valence-corrected chi connectivity index (χ4v) is 4.94. The number of fused-ring (bicyclic) bond motifs is 1. The van der Waals surface area contributed by atoms with Gasteiger partial charge in [-0.3, -0.25) is 0 Å². The van der Waals surface area contributed by atoms with Crippen molar-refractivity contribution in [2.75, 3.05) is 57.5 Å². The minimum atomic E-state index is -3.49. The van der Waals surface area contributed by atoms with Crippen LogP contribution in [-0.4, -0.2) is 90.1 Å². The number of aromatic nitrogens is 5. The van der Waals surface area contributed by atoms with E-state index in [2.05, 4.69) is 37.3 Å². The molecule has 38 heavy (non-hydrogen) atoms. The number of likely N-dealkylation sites (N-methyl/N-ethyl adjacent to an activating group) is 1. The van der Waals surface area contributed by atoms with Crippen molar-refractivity contribution in [2.24, 2.45) is 0 Å². The summed E-state index contributed by atoms with van der Waals surface area (Å²) in [5.74, 6) is 1.04. The van der Waals surface area contributed by atoms with Crippen molar-refractivity contribution in [1.82, 2.24) is 34.4 Å². The summed E-state index contributed by atoms with van der Waals surface area (Å²) in [6.07, 6.45) is 0. The van der Waals surface area contributed by atoms with Crippen LogP contribution in [0.5, 0.6) is 0 Å². The maximum Gasteiger partial charge on any atom is 0.242 e. The van der Waals surface area contributed by atoms with Crippen molar-refractivity contribution in [2.45, 2.75) is 11.4 Å². The topological polar surface area (TPSA) is 120 Å². The second-order valence-electron chi connectivity index (χ2n) is 9.26. The van der Waals surface area contributed by atoms with Gasteiger partial charge in [-0.15, -0.1) is 10.2 Å². The van der Waals surface area contributed by atoms with Crippen LogP contribution in [0.1, 0.15) is 5.56 Å². The lowest BCUT2D eigenvalue weighted by atomic mass is 10.2. The Bertz CT molecular complexity index is 1540. The summed E-state index contributed by atoms with van der Waals surface area (Å²) in [5, 5.41) is 11.8. The number of rotatable bonds is 7. The highest BCUT2D eigenvalue weighted by Crippen LogP contribution is 2.26. The SMILES string of the molecule is CN1CCN(c2nc(NCc3ccc(S(=O)(=O)N(C)C)cc3)nc3nnc(-c4ccc(F)cc4)nc23)CC1. The summed E-state index contributed by atoms with van der Waals surface area (Å²) in [4.78, 5) is 18.7. The predicted molar refractivity (Wildman–Crippen MR) is 143 cm³/mol. The van der Waals surface area contributed by atoms with Gasteiger partial charge in [-0.25, -0.2) is 22.1 Å². The van der Waals surface area contributed by atoms with E-state index in [-0.39, 0.29) is 10.7 Å². The second-order valence-corrected chi connectivity index (χ2v) is 11.4. The van der Waals surface area contributed by atoms with Gasteiger partial charge >= 0.3 is 0 Å². The van der Waals surface area contributed by atoms with Crippen LogP contribution in [0.2, 0.25) is 0 Å². The Morgan fingerprint density at radius 1 is 0.921 bits per heavy atom. The van der Waals surface area contributed by atoms with E-state index in [0.717, 1.165) is 31.7 Å². The molecule has 4 aromatic rings. The monoisotopic (exact) mass is 537 g/mol. The van der Waals surface area contributed by atoms with E-state index < -0.39 is 10.0 Å². The van der Waals surface area contributed by atoms with Crippen LogP contribution in [-0.2, 0) is 16.6 Å². The van der Waals surface area contributed by atoms with E-state index in [1.807, 2.05) is 0 Å². The number of benzene rings is 2. The molecule has 13 heteroatoms. The Balaban J connectivity index is 1.45. The summed E-state index contributed by atoms with van der Waals surface area (Å²) in [5.41, 5.74) is 2.37. The van der Waals surface area contributed by atoms with E-state index in [1.165, 1.54) is 30.5 Å². The number of nitrogens with one attached hydrogen (secondary N) is 1. The van der Waals surface area contributed by atoms with Crippen molar-refractivity contribution in [1.29, 1.82) is 0 Å². The molecular formula is C25H28FN9O2S. The van der Waals surface area contributed by atoms with Gasteiger partial charge in [0.15, 0.2) is 17.2 Å². The normalized spacial score (nSPS) is 14.8. The van der Waals surface area contributed by atoms with Crippen LogP contribution < -0.4 is 10.2 Å². The van der Waals surface area contributed by atoms with Gasteiger partial charge in [-0.1, -0.05) is 12.1 Å². The zero-order valence-electron chi connectivity index (χ0n) is 21.3. The van der Waals surface area contributed by atoms with Gasteiger partial charge in [0, 0.05) is 52.4 Å². The Labute approximate surface area is 220 Å². The van der Waals surface area contributed by atoms with Gasteiger partial charge in [-0.2, -0.15) is 9.97 Å². The zero-order valence-corrected chi connectivity index (χ0v) is 22.2. The van der Waals surface area contributed by atoms with E-state index in [1.54, 1.807) is 36.4 Å². The molecule has 2 aromatic carbocycles. The summed E-state index contributed by atoms with van der Waals surface area (Å²) < 4.78 is 39.3. The minimum absolute atomic E-state index is 0.226. The van der Waals surface area contributed by atoms with Crippen molar-refractivity contribution < 1.29 is 12.8 Å². The van der Waals surface area contributed by atoms with E-state index in [9.17, 15) is 12.8 Å². The maximum absolute atomic E-state index is 13.4. The zero-order chi connectivity index (χ0) is 26.9. The Hall–Kier alpha value is -3.81. The number of anilines is 2. The molecule has 11 nitrogen and oxygen atoms in total. The second kappa shape index (κ2) is 10.5. The van der Waals surface area contributed by atoms with E-state index in [0.29, 0.717) is 40.9 Å². The van der Waals surface area contributed by atoms with Crippen LogP contribution in [0.15, 0.2) is 53.4 Å². The Kier molecular flexibility index (Phi) is 7.15. The van der Waals surface area contributed by atoms with Crippen molar-refractivity contribution in [3.63, 3.8) is 0 Å². The summed E-state index contributed by atoms with van der Waals surface area (Å²) in [7, 11) is 1.58. The van der Waals surface area contributed by atoms with Crippen LogP contribution in [0, 0.1) is 5.82 Å². The predicted octanol–water partition coefficient (Wildman–Crippen LogP) is 2.24. The standard InChI is InChI=1S/C25H28FN9O2S/c1-33(2)38(36,37)20-10-4-17(5-11-20)16-27-25-29-23-21(24(30-25)35-14-12-34(3)13-15-35)28-22(31-32-23)18-6-8-19(26)9-7-18/h4-11H,12-16H2,1-3H3,(H,27,29,30,32). The smallest absolute Gasteiger partial charge is 0.242 e. The Morgan fingerprint density at radius 3 is 2.26 bits per heavy atom. The molecule has 1 aliphatic rings. The fraction of sp³-hybridized carbons (Fsp3) is 0.320.